The molecule has 1 N–H and O–H groups in total. The fourth-order valence-corrected chi connectivity index (χ4v) is 2.90. The van der Waals surface area contributed by atoms with Crippen molar-refractivity contribution >= 4 is 11.0 Å². The van der Waals surface area contributed by atoms with Crippen LogP contribution in [0.25, 0.3) is 22.4 Å². The van der Waals surface area contributed by atoms with E-state index in [0.29, 0.717) is 22.9 Å². The summed E-state index contributed by atoms with van der Waals surface area (Å²) in [5.41, 5.74) is 2.99. The number of nitrogens with one attached hydrogen (secondary N) is 1. The van der Waals surface area contributed by atoms with Crippen molar-refractivity contribution in [2.45, 2.75) is 26.6 Å². The number of fused-ring (bicyclic) bond motifs is 1. The molecule has 0 bridgehead atoms. The highest BCUT2D eigenvalue weighted by molar-refractivity contribution is 5.78. The lowest BCUT2D eigenvalue weighted by molar-refractivity contribution is 0.239. The summed E-state index contributed by atoms with van der Waals surface area (Å²) in [6.45, 7) is 4.04. The van der Waals surface area contributed by atoms with Crippen LogP contribution >= 0.6 is 0 Å². The number of aromatic nitrogens is 3. The van der Waals surface area contributed by atoms with Crippen molar-refractivity contribution in [1.82, 2.24) is 15.0 Å². The predicted octanol–water partition coefficient (Wildman–Crippen LogP) is 5.13. The van der Waals surface area contributed by atoms with Crippen LogP contribution in [0.2, 0.25) is 0 Å². The molecular weight excluding hydrogens is 357 g/mol. The van der Waals surface area contributed by atoms with Gasteiger partial charge in [-0.2, -0.15) is 0 Å². The number of pyridine rings is 1. The minimum absolute atomic E-state index is 0.00883. The van der Waals surface area contributed by atoms with Gasteiger partial charge in [-0.05, 0) is 38.1 Å². The minimum Gasteiger partial charge on any atom is -0.491 e. The lowest BCUT2D eigenvalue weighted by Gasteiger charge is -2.14. The van der Waals surface area contributed by atoms with Crippen molar-refractivity contribution in [3.05, 3.63) is 72.3 Å². The number of aromatic amines is 1. The van der Waals surface area contributed by atoms with E-state index in [9.17, 15) is 4.39 Å². The smallest absolute Gasteiger partial charge is 0.138 e. The van der Waals surface area contributed by atoms with Gasteiger partial charge < -0.3 is 14.5 Å². The van der Waals surface area contributed by atoms with Gasteiger partial charge in [0, 0.05) is 23.4 Å². The van der Waals surface area contributed by atoms with Crippen LogP contribution in [0.1, 0.15) is 19.4 Å². The Morgan fingerprint density at radius 3 is 2.68 bits per heavy atom. The van der Waals surface area contributed by atoms with Crippen LogP contribution in [-0.4, -0.2) is 21.1 Å². The number of halogens is 1. The number of benzene rings is 2. The Balaban J connectivity index is 1.67. The van der Waals surface area contributed by atoms with E-state index in [-0.39, 0.29) is 18.5 Å². The molecule has 6 heteroatoms. The highest BCUT2D eigenvalue weighted by Crippen LogP contribution is 2.30. The standard InChI is InChI=1S/C22H20FN3O2/c1-14(2)28-18-10-16(22-25-20-7-8-24-12-21(20)26-22)9-17(11-18)27-13-15-5-3-4-6-19(15)23/h3-12,14H,13H2,1-2H3,(H,25,26). The van der Waals surface area contributed by atoms with Crippen LogP contribution < -0.4 is 9.47 Å². The van der Waals surface area contributed by atoms with Crippen LogP contribution in [0.15, 0.2) is 60.9 Å². The predicted molar refractivity (Wildman–Crippen MR) is 106 cm³/mol. The average Bonchev–Trinajstić information content (AvgIpc) is 3.11. The Hall–Kier alpha value is -3.41. The van der Waals surface area contributed by atoms with Gasteiger partial charge in [0.05, 0.1) is 23.3 Å². The summed E-state index contributed by atoms with van der Waals surface area (Å²) in [6, 6.07) is 14.0. The second-order valence-electron chi connectivity index (χ2n) is 6.72. The Labute approximate surface area is 162 Å². The lowest BCUT2D eigenvalue weighted by Crippen LogP contribution is -2.06. The van der Waals surface area contributed by atoms with E-state index in [0.717, 1.165) is 16.6 Å². The molecule has 0 aliphatic heterocycles. The number of rotatable bonds is 6. The zero-order chi connectivity index (χ0) is 19.5. The van der Waals surface area contributed by atoms with Gasteiger partial charge in [-0.1, -0.05) is 18.2 Å². The van der Waals surface area contributed by atoms with Gasteiger partial charge in [0.2, 0.25) is 0 Å². The number of ether oxygens (including phenoxy) is 2. The van der Waals surface area contributed by atoms with Gasteiger partial charge in [-0.25, -0.2) is 9.37 Å². The molecule has 0 unspecified atom stereocenters. The molecule has 0 saturated heterocycles. The van der Waals surface area contributed by atoms with Crippen LogP contribution in [0, 0.1) is 5.82 Å². The monoisotopic (exact) mass is 377 g/mol. The molecule has 0 amide bonds. The topological polar surface area (TPSA) is 60.0 Å². The number of imidazole rings is 1. The summed E-state index contributed by atoms with van der Waals surface area (Å²) >= 11 is 0. The minimum atomic E-state index is -0.290. The van der Waals surface area contributed by atoms with E-state index in [2.05, 4.69) is 15.0 Å². The van der Waals surface area contributed by atoms with Crippen LogP contribution in [-0.2, 0) is 6.61 Å². The molecule has 0 fully saturated rings. The van der Waals surface area contributed by atoms with Gasteiger partial charge in [-0.15, -0.1) is 0 Å². The van der Waals surface area contributed by atoms with E-state index in [1.54, 1.807) is 36.7 Å². The molecule has 0 spiro atoms. The first-order valence-electron chi connectivity index (χ1n) is 9.06. The molecule has 4 aromatic rings. The normalized spacial score (nSPS) is 11.1. The third kappa shape index (κ3) is 3.96. The first-order chi connectivity index (χ1) is 13.6. The Morgan fingerprint density at radius 1 is 1.07 bits per heavy atom. The van der Waals surface area contributed by atoms with Crippen molar-refractivity contribution in [1.29, 1.82) is 0 Å². The summed E-state index contributed by atoms with van der Waals surface area (Å²) < 4.78 is 25.6. The van der Waals surface area contributed by atoms with Crippen molar-refractivity contribution in [3.63, 3.8) is 0 Å². The Morgan fingerprint density at radius 2 is 1.89 bits per heavy atom. The Kier molecular flexibility index (Phi) is 4.93. The number of H-pyrrole nitrogens is 1. The first kappa shape index (κ1) is 18.0. The third-order valence-corrected chi connectivity index (χ3v) is 4.16. The van der Waals surface area contributed by atoms with Gasteiger partial charge in [0.15, 0.2) is 0 Å². The fraction of sp³-hybridized carbons (Fsp3) is 0.182. The SMILES string of the molecule is CC(C)Oc1cc(OCc2ccccc2F)cc(-c2nc3ccncc3[nH]2)c1. The molecule has 2 aromatic heterocycles. The summed E-state index contributed by atoms with van der Waals surface area (Å²) in [5, 5.41) is 0. The second-order valence-corrected chi connectivity index (χ2v) is 6.72. The molecule has 0 atom stereocenters. The van der Waals surface area contributed by atoms with Crippen LogP contribution in [0.4, 0.5) is 4.39 Å². The molecular formula is C22H20FN3O2. The molecule has 5 nitrogen and oxygen atoms in total. The largest absolute Gasteiger partial charge is 0.491 e. The summed E-state index contributed by atoms with van der Waals surface area (Å²) in [7, 11) is 0. The third-order valence-electron chi connectivity index (χ3n) is 4.16. The highest BCUT2D eigenvalue weighted by atomic mass is 19.1. The van der Waals surface area contributed by atoms with Crippen molar-refractivity contribution < 1.29 is 13.9 Å². The van der Waals surface area contributed by atoms with E-state index >= 15 is 0 Å². The zero-order valence-corrected chi connectivity index (χ0v) is 15.6. The van der Waals surface area contributed by atoms with Crippen molar-refractivity contribution in [3.8, 4) is 22.9 Å². The summed E-state index contributed by atoms with van der Waals surface area (Å²) in [5.74, 6) is 1.64. The Bertz CT molecular complexity index is 1070. The summed E-state index contributed by atoms with van der Waals surface area (Å²) in [6.07, 6.45) is 3.44. The average molecular weight is 377 g/mol. The van der Waals surface area contributed by atoms with Crippen molar-refractivity contribution in [2.75, 3.05) is 0 Å². The molecule has 2 aromatic carbocycles. The number of nitrogens with zero attached hydrogens (tertiary/aromatic N) is 2. The first-order valence-corrected chi connectivity index (χ1v) is 9.06. The van der Waals surface area contributed by atoms with E-state index < -0.39 is 0 Å². The maximum absolute atomic E-state index is 13.9. The maximum Gasteiger partial charge on any atom is 0.138 e. The lowest BCUT2D eigenvalue weighted by atomic mass is 10.2. The molecule has 0 saturated carbocycles. The molecule has 2 heterocycles. The molecule has 4 rings (SSSR count). The molecule has 0 radical (unpaired) electrons. The quantitative estimate of drug-likeness (QED) is 0.506. The number of hydrogen-bond acceptors (Lipinski definition) is 4. The van der Waals surface area contributed by atoms with E-state index in [1.807, 2.05) is 32.0 Å². The summed E-state index contributed by atoms with van der Waals surface area (Å²) in [4.78, 5) is 12.0. The molecule has 0 aliphatic carbocycles. The highest BCUT2D eigenvalue weighted by Gasteiger charge is 2.11. The molecule has 28 heavy (non-hydrogen) atoms. The zero-order valence-electron chi connectivity index (χ0n) is 15.6. The van der Waals surface area contributed by atoms with E-state index in [1.165, 1.54) is 6.07 Å². The second kappa shape index (κ2) is 7.68. The maximum atomic E-state index is 13.9. The van der Waals surface area contributed by atoms with Gasteiger partial charge in [0.25, 0.3) is 0 Å². The van der Waals surface area contributed by atoms with Crippen LogP contribution in [0.3, 0.4) is 0 Å². The molecule has 142 valence electrons. The van der Waals surface area contributed by atoms with Gasteiger partial charge in [-0.3, -0.25) is 4.98 Å². The fourth-order valence-electron chi connectivity index (χ4n) is 2.90. The van der Waals surface area contributed by atoms with E-state index in [4.69, 9.17) is 9.47 Å². The van der Waals surface area contributed by atoms with Gasteiger partial charge >= 0.3 is 0 Å². The van der Waals surface area contributed by atoms with Crippen molar-refractivity contribution in [2.24, 2.45) is 0 Å². The van der Waals surface area contributed by atoms with Gasteiger partial charge in [0.1, 0.15) is 29.7 Å². The molecule has 0 aliphatic rings. The number of hydrogen-bond donors (Lipinski definition) is 1. The van der Waals surface area contributed by atoms with Crippen LogP contribution in [0.5, 0.6) is 11.5 Å².